The second kappa shape index (κ2) is 6.98. The van der Waals surface area contributed by atoms with Crippen molar-refractivity contribution >= 4 is 36.3 Å². The van der Waals surface area contributed by atoms with E-state index in [4.69, 9.17) is 8.23 Å². The van der Waals surface area contributed by atoms with Crippen molar-refractivity contribution < 1.29 is 8.23 Å². The molecule has 0 atom stereocenters. The fraction of sp³-hybridized carbons (Fsp3) is 0. The summed E-state index contributed by atoms with van der Waals surface area (Å²) in [6.07, 6.45) is 2.12. The molecular formula is C8H14O2Si3. The molecule has 0 N–H and O–H groups in total. The molecule has 1 rings (SSSR count). The summed E-state index contributed by atoms with van der Waals surface area (Å²) in [5, 5.41) is 0. The lowest BCUT2D eigenvalue weighted by molar-refractivity contribution is 0.507. The smallest absolute Gasteiger partial charge is 0.283 e. The molecule has 0 bridgehead atoms. The minimum absolute atomic E-state index is 0.465. The third kappa shape index (κ3) is 4.96. The first-order valence-electron chi connectivity index (χ1n) is 4.22. The van der Waals surface area contributed by atoms with Crippen molar-refractivity contribution in [2.24, 2.45) is 0 Å². The monoisotopic (exact) mass is 226 g/mol. The van der Waals surface area contributed by atoms with Crippen LogP contribution in [0.4, 0.5) is 0 Å². The molecule has 13 heavy (non-hydrogen) atoms. The Hall–Kier alpha value is -0.469. The highest BCUT2D eigenvalue weighted by Crippen LogP contribution is 1.99. The molecule has 0 fully saturated rings. The molecule has 0 radical (unpaired) electrons. The molecule has 70 valence electrons. The molecule has 5 heteroatoms. The van der Waals surface area contributed by atoms with Gasteiger partial charge >= 0.3 is 0 Å². The van der Waals surface area contributed by atoms with Crippen LogP contribution < -0.4 is 0 Å². The van der Waals surface area contributed by atoms with Crippen LogP contribution in [0.15, 0.2) is 36.0 Å². The summed E-state index contributed by atoms with van der Waals surface area (Å²) in [6, 6.07) is 10.3. The standard InChI is InChI=1S/C8H14O2Si3/c11-9-13-10-12-7-6-8-4-2-1-3-5-8/h1-7H,12-13H2,11H3. The predicted molar refractivity (Wildman–Crippen MR) is 64.7 cm³/mol. The van der Waals surface area contributed by atoms with Gasteiger partial charge in [-0.3, -0.25) is 0 Å². The fourth-order valence-corrected chi connectivity index (χ4v) is 4.41. The van der Waals surface area contributed by atoms with Crippen molar-refractivity contribution in [3.63, 3.8) is 0 Å². The molecule has 0 aromatic heterocycles. The zero-order valence-electron chi connectivity index (χ0n) is 7.77. The predicted octanol–water partition coefficient (Wildman–Crippen LogP) is -0.947. The van der Waals surface area contributed by atoms with Crippen LogP contribution in [0.3, 0.4) is 0 Å². The third-order valence-corrected chi connectivity index (χ3v) is 4.51. The Labute approximate surface area is 86.5 Å². The van der Waals surface area contributed by atoms with Gasteiger partial charge in [0.1, 0.15) is 10.5 Å². The van der Waals surface area contributed by atoms with Gasteiger partial charge in [0.15, 0.2) is 9.76 Å². The average Bonchev–Trinajstić information content (AvgIpc) is 2.19. The Kier molecular flexibility index (Phi) is 5.70. The largest absolute Gasteiger partial charge is 0.449 e. The van der Waals surface area contributed by atoms with E-state index in [0.717, 1.165) is 10.5 Å². The summed E-state index contributed by atoms with van der Waals surface area (Å²) in [4.78, 5) is 0. The van der Waals surface area contributed by atoms with Crippen LogP contribution in [0, 0.1) is 0 Å². The molecule has 0 aliphatic heterocycles. The van der Waals surface area contributed by atoms with E-state index in [9.17, 15) is 0 Å². The lowest BCUT2D eigenvalue weighted by atomic mass is 10.2. The summed E-state index contributed by atoms with van der Waals surface area (Å²) >= 11 is 0. The molecule has 0 heterocycles. The zero-order valence-corrected chi connectivity index (χ0v) is 12.6. The lowest BCUT2D eigenvalue weighted by Gasteiger charge is -1.96. The molecule has 0 aliphatic carbocycles. The van der Waals surface area contributed by atoms with Gasteiger partial charge in [0.2, 0.25) is 0 Å². The number of hydrogen-bond donors (Lipinski definition) is 0. The van der Waals surface area contributed by atoms with E-state index in [1.807, 2.05) is 18.2 Å². The summed E-state index contributed by atoms with van der Waals surface area (Å²) in [5.74, 6) is 0. The minimum Gasteiger partial charge on any atom is -0.449 e. The Morgan fingerprint density at radius 2 is 2.00 bits per heavy atom. The lowest BCUT2D eigenvalue weighted by Crippen LogP contribution is -2.04. The summed E-state index contributed by atoms with van der Waals surface area (Å²) in [5.41, 5.74) is 3.40. The highest BCUT2D eigenvalue weighted by atomic mass is 28.3. The Bertz CT molecular complexity index is 251. The van der Waals surface area contributed by atoms with Crippen molar-refractivity contribution in [3.8, 4) is 0 Å². The maximum Gasteiger partial charge on any atom is 0.283 e. The molecule has 0 spiro atoms. The van der Waals surface area contributed by atoms with Crippen LogP contribution in [-0.4, -0.2) is 30.3 Å². The van der Waals surface area contributed by atoms with E-state index in [1.165, 1.54) is 5.56 Å². The van der Waals surface area contributed by atoms with Gasteiger partial charge in [0.25, 0.3) is 10.0 Å². The van der Waals surface area contributed by atoms with Crippen LogP contribution >= 0.6 is 0 Å². The summed E-state index contributed by atoms with van der Waals surface area (Å²) in [6.45, 7) is 0. The topological polar surface area (TPSA) is 18.5 Å². The van der Waals surface area contributed by atoms with Crippen LogP contribution in [0.5, 0.6) is 0 Å². The van der Waals surface area contributed by atoms with Gasteiger partial charge in [0.05, 0.1) is 0 Å². The van der Waals surface area contributed by atoms with Crippen LogP contribution in [0.2, 0.25) is 0 Å². The highest BCUT2D eigenvalue weighted by molar-refractivity contribution is 6.46. The van der Waals surface area contributed by atoms with E-state index in [2.05, 4.69) is 23.9 Å². The second-order valence-corrected chi connectivity index (χ2v) is 7.57. The van der Waals surface area contributed by atoms with E-state index in [1.54, 1.807) is 0 Å². The first kappa shape index (κ1) is 10.6. The van der Waals surface area contributed by atoms with Gasteiger partial charge in [-0.25, -0.2) is 0 Å². The van der Waals surface area contributed by atoms with E-state index < -0.39 is 19.8 Å². The Morgan fingerprint density at radius 3 is 2.69 bits per heavy atom. The van der Waals surface area contributed by atoms with E-state index in [-0.39, 0.29) is 0 Å². The van der Waals surface area contributed by atoms with Gasteiger partial charge in [-0.1, -0.05) is 42.1 Å². The molecule has 1 aromatic rings. The third-order valence-electron chi connectivity index (χ3n) is 1.53. The van der Waals surface area contributed by atoms with Gasteiger partial charge in [-0.15, -0.1) is 0 Å². The van der Waals surface area contributed by atoms with Crippen molar-refractivity contribution in [1.82, 2.24) is 0 Å². The summed E-state index contributed by atoms with van der Waals surface area (Å²) < 4.78 is 10.5. The van der Waals surface area contributed by atoms with Crippen molar-refractivity contribution in [2.75, 3.05) is 0 Å². The molecule has 1 aromatic carbocycles. The molecule has 0 saturated heterocycles. The van der Waals surface area contributed by atoms with Crippen LogP contribution in [0.1, 0.15) is 5.56 Å². The molecule has 0 saturated carbocycles. The average molecular weight is 226 g/mol. The molecule has 0 aliphatic rings. The van der Waals surface area contributed by atoms with Crippen molar-refractivity contribution in [2.45, 2.75) is 0 Å². The quantitative estimate of drug-likeness (QED) is 0.476. The van der Waals surface area contributed by atoms with Gasteiger partial charge in [0, 0.05) is 0 Å². The van der Waals surface area contributed by atoms with E-state index in [0.29, 0.717) is 0 Å². The van der Waals surface area contributed by atoms with Crippen molar-refractivity contribution in [1.29, 1.82) is 0 Å². The SMILES string of the molecule is [SiH3]O[SiH2]O[SiH2]C=Cc1ccccc1. The van der Waals surface area contributed by atoms with Crippen molar-refractivity contribution in [3.05, 3.63) is 41.6 Å². The first-order valence-corrected chi connectivity index (χ1v) is 7.58. The van der Waals surface area contributed by atoms with E-state index >= 15 is 0 Å². The number of hydrogen-bond acceptors (Lipinski definition) is 2. The zero-order chi connectivity index (χ0) is 9.36. The normalized spacial score (nSPS) is 12.9. The minimum atomic E-state index is -0.606. The van der Waals surface area contributed by atoms with Crippen LogP contribution in [-0.2, 0) is 8.23 Å². The van der Waals surface area contributed by atoms with Gasteiger partial charge in [-0.2, -0.15) is 0 Å². The molecule has 0 amide bonds. The summed E-state index contributed by atoms with van der Waals surface area (Å²) in [7, 11) is -0.253. The second-order valence-electron chi connectivity index (χ2n) is 2.59. The molecule has 0 unspecified atom stereocenters. The number of rotatable bonds is 5. The number of benzene rings is 1. The van der Waals surface area contributed by atoms with Gasteiger partial charge < -0.3 is 8.23 Å². The molecule has 2 nitrogen and oxygen atoms in total. The maximum absolute atomic E-state index is 5.41. The van der Waals surface area contributed by atoms with Crippen LogP contribution in [0.25, 0.3) is 6.08 Å². The first-order chi connectivity index (χ1) is 6.43. The fourth-order valence-electron chi connectivity index (χ4n) is 0.948. The Morgan fingerprint density at radius 1 is 1.23 bits per heavy atom. The Balaban J connectivity index is 2.25. The highest BCUT2D eigenvalue weighted by Gasteiger charge is 1.84. The van der Waals surface area contributed by atoms with Gasteiger partial charge in [-0.05, 0) is 5.56 Å². The maximum atomic E-state index is 5.41. The molecular weight excluding hydrogens is 212 g/mol.